The lowest BCUT2D eigenvalue weighted by Crippen LogP contribution is -2.27. The Hall–Kier alpha value is -2.37. The smallest absolute Gasteiger partial charge is 0.254 e. The van der Waals surface area contributed by atoms with Crippen LogP contribution in [0.1, 0.15) is 28.9 Å². The van der Waals surface area contributed by atoms with Gasteiger partial charge in [0, 0.05) is 0 Å². The van der Waals surface area contributed by atoms with E-state index in [2.05, 4.69) is 5.32 Å². The molecule has 21 heavy (non-hydrogen) atoms. The highest BCUT2D eigenvalue weighted by Crippen LogP contribution is 2.17. The number of hydrogen-bond acceptors (Lipinski definition) is 1. The summed E-state index contributed by atoms with van der Waals surface area (Å²) in [6.07, 6.45) is 0. The largest absolute Gasteiger partial charge is 0.345 e. The molecule has 2 aromatic rings. The van der Waals surface area contributed by atoms with E-state index in [0.717, 1.165) is 30.3 Å². The molecule has 110 valence electrons. The first-order valence-corrected chi connectivity index (χ1v) is 6.09. The molecule has 1 N–H and O–H groups in total. The Morgan fingerprint density at radius 1 is 0.952 bits per heavy atom. The lowest BCUT2D eigenvalue weighted by atomic mass is 10.1. The molecule has 0 aliphatic heterocycles. The van der Waals surface area contributed by atoms with E-state index in [1.54, 1.807) is 0 Å². The lowest BCUT2D eigenvalue weighted by molar-refractivity contribution is 0.0935. The summed E-state index contributed by atoms with van der Waals surface area (Å²) in [6, 6.07) is 4.96. The van der Waals surface area contributed by atoms with Crippen LogP contribution >= 0.6 is 0 Å². The van der Waals surface area contributed by atoms with E-state index in [-0.39, 0.29) is 0 Å². The van der Waals surface area contributed by atoms with E-state index >= 15 is 0 Å². The number of carbonyl (C=O) groups is 1. The SMILES string of the molecule is CC(NC(=O)c1cc(F)ccc1F)c1ccc(F)c(F)c1. The van der Waals surface area contributed by atoms with Gasteiger partial charge in [-0.3, -0.25) is 4.79 Å². The molecule has 6 heteroatoms. The highest BCUT2D eigenvalue weighted by molar-refractivity contribution is 5.94. The Labute approximate surface area is 118 Å². The van der Waals surface area contributed by atoms with Crippen molar-refractivity contribution in [3.63, 3.8) is 0 Å². The average molecular weight is 297 g/mol. The number of nitrogens with one attached hydrogen (secondary N) is 1. The van der Waals surface area contributed by atoms with Crippen molar-refractivity contribution >= 4 is 5.91 Å². The van der Waals surface area contributed by atoms with Crippen LogP contribution in [0.5, 0.6) is 0 Å². The van der Waals surface area contributed by atoms with Gasteiger partial charge in [0.05, 0.1) is 11.6 Å². The predicted octanol–water partition coefficient (Wildman–Crippen LogP) is 3.73. The van der Waals surface area contributed by atoms with Crippen molar-refractivity contribution in [2.45, 2.75) is 13.0 Å². The first-order chi connectivity index (χ1) is 9.88. The third kappa shape index (κ3) is 3.39. The van der Waals surface area contributed by atoms with Crippen LogP contribution in [0.2, 0.25) is 0 Å². The number of rotatable bonds is 3. The third-order valence-electron chi connectivity index (χ3n) is 2.96. The summed E-state index contributed by atoms with van der Waals surface area (Å²) in [5, 5.41) is 2.39. The lowest BCUT2D eigenvalue weighted by Gasteiger charge is -2.15. The van der Waals surface area contributed by atoms with Crippen molar-refractivity contribution in [2.24, 2.45) is 0 Å². The first kappa shape index (κ1) is 15.0. The van der Waals surface area contributed by atoms with E-state index in [4.69, 9.17) is 0 Å². The highest BCUT2D eigenvalue weighted by atomic mass is 19.2. The summed E-state index contributed by atoms with van der Waals surface area (Å²) in [6.45, 7) is 1.52. The quantitative estimate of drug-likeness (QED) is 0.859. The van der Waals surface area contributed by atoms with Crippen LogP contribution in [-0.4, -0.2) is 5.91 Å². The Balaban J connectivity index is 2.18. The molecule has 0 aliphatic rings. The maximum absolute atomic E-state index is 13.5. The predicted molar refractivity (Wildman–Crippen MR) is 68.6 cm³/mol. The number of amides is 1. The van der Waals surface area contributed by atoms with Crippen LogP contribution in [0.15, 0.2) is 36.4 Å². The van der Waals surface area contributed by atoms with E-state index in [1.165, 1.54) is 13.0 Å². The Kier molecular flexibility index (Phi) is 4.26. The molecule has 0 saturated carbocycles. The number of hydrogen-bond donors (Lipinski definition) is 1. The molecule has 2 aromatic carbocycles. The first-order valence-electron chi connectivity index (χ1n) is 6.09. The minimum atomic E-state index is -1.05. The number of halogens is 4. The molecule has 1 amide bonds. The normalized spacial score (nSPS) is 12.0. The molecule has 0 bridgehead atoms. The second-order valence-corrected chi connectivity index (χ2v) is 4.49. The maximum Gasteiger partial charge on any atom is 0.254 e. The summed E-state index contributed by atoms with van der Waals surface area (Å²) in [7, 11) is 0. The minimum Gasteiger partial charge on any atom is -0.345 e. The van der Waals surface area contributed by atoms with Crippen molar-refractivity contribution in [1.29, 1.82) is 0 Å². The van der Waals surface area contributed by atoms with Gasteiger partial charge in [-0.05, 0) is 42.8 Å². The zero-order chi connectivity index (χ0) is 15.6. The van der Waals surface area contributed by atoms with E-state index in [1.807, 2.05) is 0 Å². The Morgan fingerprint density at radius 3 is 2.29 bits per heavy atom. The van der Waals surface area contributed by atoms with Gasteiger partial charge in [0.1, 0.15) is 11.6 Å². The van der Waals surface area contributed by atoms with Crippen LogP contribution in [0.25, 0.3) is 0 Å². The summed E-state index contributed by atoms with van der Waals surface area (Å²) in [4.78, 5) is 11.9. The van der Waals surface area contributed by atoms with Crippen molar-refractivity contribution in [3.05, 3.63) is 70.8 Å². The van der Waals surface area contributed by atoms with Gasteiger partial charge in [0.15, 0.2) is 11.6 Å². The second-order valence-electron chi connectivity index (χ2n) is 4.49. The fourth-order valence-corrected chi connectivity index (χ4v) is 1.81. The summed E-state index contributed by atoms with van der Waals surface area (Å²) in [5.74, 6) is -4.52. The Morgan fingerprint density at radius 2 is 1.62 bits per heavy atom. The maximum atomic E-state index is 13.5. The van der Waals surface area contributed by atoms with Crippen LogP contribution in [0.4, 0.5) is 17.6 Å². The van der Waals surface area contributed by atoms with Crippen LogP contribution in [0, 0.1) is 23.3 Å². The third-order valence-corrected chi connectivity index (χ3v) is 2.96. The fraction of sp³-hybridized carbons (Fsp3) is 0.133. The van der Waals surface area contributed by atoms with Gasteiger partial charge in [-0.25, -0.2) is 17.6 Å². The van der Waals surface area contributed by atoms with E-state index in [0.29, 0.717) is 5.56 Å². The molecule has 0 radical (unpaired) electrons. The van der Waals surface area contributed by atoms with Gasteiger partial charge < -0.3 is 5.32 Å². The van der Waals surface area contributed by atoms with Crippen LogP contribution in [0.3, 0.4) is 0 Å². The van der Waals surface area contributed by atoms with Crippen molar-refractivity contribution < 1.29 is 22.4 Å². The average Bonchev–Trinajstić information content (AvgIpc) is 2.44. The van der Waals surface area contributed by atoms with Crippen molar-refractivity contribution in [3.8, 4) is 0 Å². The zero-order valence-corrected chi connectivity index (χ0v) is 11.0. The molecule has 0 aromatic heterocycles. The molecule has 0 fully saturated rings. The highest BCUT2D eigenvalue weighted by Gasteiger charge is 2.17. The molecule has 0 aliphatic carbocycles. The Bertz CT molecular complexity index is 687. The monoisotopic (exact) mass is 297 g/mol. The summed E-state index contributed by atoms with van der Waals surface area (Å²) in [5.41, 5.74) is -0.150. The van der Waals surface area contributed by atoms with Gasteiger partial charge in [0.25, 0.3) is 5.91 Å². The molecule has 2 nitrogen and oxygen atoms in total. The molecule has 1 unspecified atom stereocenters. The minimum absolute atomic E-state index is 0.305. The molecular formula is C15H11F4NO. The van der Waals surface area contributed by atoms with Crippen LogP contribution < -0.4 is 5.32 Å². The fourth-order valence-electron chi connectivity index (χ4n) is 1.81. The van der Waals surface area contributed by atoms with Gasteiger partial charge in [-0.2, -0.15) is 0 Å². The van der Waals surface area contributed by atoms with Crippen LogP contribution in [-0.2, 0) is 0 Å². The molecular weight excluding hydrogens is 286 g/mol. The molecule has 1 atom stereocenters. The zero-order valence-electron chi connectivity index (χ0n) is 11.0. The molecule has 0 heterocycles. The van der Waals surface area contributed by atoms with E-state index < -0.39 is 40.8 Å². The second kappa shape index (κ2) is 5.95. The summed E-state index contributed by atoms with van der Waals surface area (Å²) >= 11 is 0. The molecule has 0 spiro atoms. The summed E-state index contributed by atoms with van der Waals surface area (Å²) < 4.78 is 52.4. The van der Waals surface area contributed by atoms with E-state index in [9.17, 15) is 22.4 Å². The molecule has 2 rings (SSSR count). The van der Waals surface area contributed by atoms with Gasteiger partial charge >= 0.3 is 0 Å². The standard InChI is InChI=1S/C15H11F4NO/c1-8(9-2-4-13(18)14(19)6-9)20-15(21)11-7-10(16)3-5-12(11)17/h2-8H,1H3,(H,20,21). The van der Waals surface area contributed by atoms with Crippen molar-refractivity contribution in [1.82, 2.24) is 5.32 Å². The van der Waals surface area contributed by atoms with Gasteiger partial charge in [-0.15, -0.1) is 0 Å². The molecule has 0 saturated heterocycles. The number of benzene rings is 2. The topological polar surface area (TPSA) is 29.1 Å². The van der Waals surface area contributed by atoms with Crippen molar-refractivity contribution in [2.75, 3.05) is 0 Å². The van der Waals surface area contributed by atoms with Gasteiger partial charge in [0.2, 0.25) is 0 Å². The number of carbonyl (C=O) groups excluding carboxylic acids is 1. The van der Waals surface area contributed by atoms with Gasteiger partial charge in [-0.1, -0.05) is 6.07 Å².